The van der Waals surface area contributed by atoms with Crippen LogP contribution in [-0.2, 0) is 14.3 Å². The third-order valence-electron chi connectivity index (χ3n) is 1.76. The monoisotopic (exact) mass is 241 g/mol. The van der Waals surface area contributed by atoms with Crippen LogP contribution in [0, 0.1) is 12.3 Å². The Hall–Kier alpha value is -1.70. The lowest BCUT2D eigenvalue weighted by Crippen LogP contribution is -2.38. The topological polar surface area (TPSA) is 64.6 Å². The Morgan fingerprint density at radius 3 is 2.41 bits per heavy atom. The van der Waals surface area contributed by atoms with Crippen molar-refractivity contribution < 1.29 is 19.1 Å². The maximum Gasteiger partial charge on any atom is 0.408 e. The second kappa shape index (κ2) is 6.79. The molecule has 0 aromatic rings. The molecule has 17 heavy (non-hydrogen) atoms. The molecule has 96 valence electrons. The van der Waals surface area contributed by atoms with Crippen molar-refractivity contribution in [2.24, 2.45) is 0 Å². The van der Waals surface area contributed by atoms with Gasteiger partial charge in [-0.3, -0.25) is 4.79 Å². The Bertz CT molecular complexity index is 311. The van der Waals surface area contributed by atoms with E-state index in [0.717, 1.165) is 0 Å². The number of esters is 1. The van der Waals surface area contributed by atoms with Crippen molar-refractivity contribution in [3.8, 4) is 12.3 Å². The van der Waals surface area contributed by atoms with Crippen LogP contribution in [0.1, 0.15) is 33.6 Å². The summed E-state index contributed by atoms with van der Waals surface area (Å²) >= 11 is 0. The predicted molar refractivity (Wildman–Crippen MR) is 63.2 cm³/mol. The molecule has 0 aliphatic carbocycles. The smallest absolute Gasteiger partial charge is 0.408 e. The van der Waals surface area contributed by atoms with E-state index in [1.54, 1.807) is 20.8 Å². The molecule has 0 fully saturated rings. The highest BCUT2D eigenvalue weighted by atomic mass is 16.6. The molecule has 5 heteroatoms. The Kier molecular flexibility index (Phi) is 6.11. The molecule has 5 nitrogen and oxygen atoms in total. The van der Waals surface area contributed by atoms with Crippen LogP contribution in [0.2, 0.25) is 0 Å². The fourth-order valence-corrected chi connectivity index (χ4v) is 1.01. The number of methoxy groups -OCH3 is 1. The van der Waals surface area contributed by atoms with Gasteiger partial charge in [-0.1, -0.05) is 5.92 Å². The first-order chi connectivity index (χ1) is 7.78. The lowest BCUT2D eigenvalue weighted by atomic mass is 10.1. The highest BCUT2D eigenvalue weighted by molar-refractivity contribution is 5.70. The molecule has 0 saturated carbocycles. The van der Waals surface area contributed by atoms with Crippen molar-refractivity contribution in [2.75, 3.05) is 7.11 Å². The second-order valence-electron chi connectivity index (χ2n) is 4.48. The van der Waals surface area contributed by atoms with Crippen LogP contribution in [0.5, 0.6) is 0 Å². The van der Waals surface area contributed by atoms with E-state index in [1.807, 2.05) is 0 Å². The van der Waals surface area contributed by atoms with E-state index < -0.39 is 17.7 Å². The first kappa shape index (κ1) is 15.3. The zero-order valence-electron chi connectivity index (χ0n) is 10.7. The minimum atomic E-state index is -0.592. The van der Waals surface area contributed by atoms with Crippen molar-refractivity contribution in [3.05, 3.63) is 0 Å². The Morgan fingerprint density at radius 2 is 2.00 bits per heavy atom. The molecule has 1 N–H and O–H groups in total. The standard InChI is InChI=1S/C12H19NO4/c1-6-9(7-8-10(14)16-5)13-11(15)17-12(2,3)4/h1,9H,7-8H2,2-5H3,(H,13,15). The highest BCUT2D eigenvalue weighted by Crippen LogP contribution is 2.07. The van der Waals surface area contributed by atoms with Gasteiger partial charge in [-0.15, -0.1) is 6.42 Å². The Labute approximate surface area is 102 Å². The van der Waals surface area contributed by atoms with Gasteiger partial charge in [-0.2, -0.15) is 0 Å². The number of alkyl carbamates (subject to hydrolysis) is 1. The molecule has 1 atom stereocenters. The summed E-state index contributed by atoms with van der Waals surface area (Å²) in [6.45, 7) is 5.27. The van der Waals surface area contributed by atoms with Gasteiger partial charge < -0.3 is 14.8 Å². The number of ether oxygens (including phenoxy) is 2. The minimum absolute atomic E-state index is 0.154. The molecule has 1 amide bonds. The van der Waals surface area contributed by atoms with Crippen molar-refractivity contribution in [1.82, 2.24) is 5.32 Å². The predicted octanol–water partition coefficient (Wildman–Crippen LogP) is 1.47. The van der Waals surface area contributed by atoms with Crippen LogP contribution < -0.4 is 5.32 Å². The normalized spacial score (nSPS) is 12.2. The van der Waals surface area contributed by atoms with E-state index in [-0.39, 0.29) is 12.4 Å². The summed E-state index contributed by atoms with van der Waals surface area (Å²) in [5.41, 5.74) is -0.578. The van der Waals surface area contributed by atoms with Gasteiger partial charge in [0.2, 0.25) is 0 Å². The van der Waals surface area contributed by atoms with Gasteiger partial charge in [0.05, 0.1) is 13.2 Å². The average Bonchev–Trinajstić information content (AvgIpc) is 2.20. The Morgan fingerprint density at radius 1 is 1.41 bits per heavy atom. The third kappa shape index (κ3) is 8.14. The maximum absolute atomic E-state index is 11.4. The number of amides is 1. The third-order valence-corrected chi connectivity index (χ3v) is 1.76. The molecule has 0 aliphatic heterocycles. The van der Waals surface area contributed by atoms with Gasteiger partial charge in [0, 0.05) is 6.42 Å². The summed E-state index contributed by atoms with van der Waals surface area (Å²) in [4.78, 5) is 22.3. The number of rotatable bonds is 4. The van der Waals surface area contributed by atoms with Crippen LogP contribution >= 0.6 is 0 Å². The van der Waals surface area contributed by atoms with E-state index in [9.17, 15) is 9.59 Å². The largest absolute Gasteiger partial charge is 0.469 e. The van der Waals surface area contributed by atoms with Gasteiger partial charge in [-0.05, 0) is 27.2 Å². The zero-order valence-corrected chi connectivity index (χ0v) is 10.7. The lowest BCUT2D eigenvalue weighted by Gasteiger charge is -2.21. The SMILES string of the molecule is C#CC(CCC(=O)OC)NC(=O)OC(C)(C)C. The molecule has 0 saturated heterocycles. The van der Waals surface area contributed by atoms with Crippen molar-refractivity contribution >= 4 is 12.1 Å². The van der Waals surface area contributed by atoms with Crippen LogP contribution in [0.25, 0.3) is 0 Å². The molecule has 0 heterocycles. The number of hydrogen-bond donors (Lipinski definition) is 1. The van der Waals surface area contributed by atoms with E-state index in [4.69, 9.17) is 11.2 Å². The first-order valence-electron chi connectivity index (χ1n) is 5.31. The van der Waals surface area contributed by atoms with Gasteiger partial charge in [-0.25, -0.2) is 4.79 Å². The van der Waals surface area contributed by atoms with Crippen molar-refractivity contribution in [2.45, 2.75) is 45.3 Å². The van der Waals surface area contributed by atoms with E-state index in [2.05, 4.69) is 16.0 Å². The lowest BCUT2D eigenvalue weighted by molar-refractivity contribution is -0.140. The number of terminal acetylenes is 1. The van der Waals surface area contributed by atoms with Crippen LogP contribution in [0.4, 0.5) is 4.79 Å². The molecule has 0 spiro atoms. The number of carbonyl (C=O) groups excluding carboxylic acids is 2. The number of hydrogen-bond acceptors (Lipinski definition) is 4. The number of carbonyl (C=O) groups is 2. The fraction of sp³-hybridized carbons (Fsp3) is 0.667. The molecular weight excluding hydrogens is 222 g/mol. The highest BCUT2D eigenvalue weighted by Gasteiger charge is 2.18. The van der Waals surface area contributed by atoms with E-state index >= 15 is 0 Å². The molecule has 0 rings (SSSR count). The summed E-state index contributed by atoms with van der Waals surface area (Å²) in [5.74, 6) is 2.01. The van der Waals surface area contributed by atoms with Gasteiger partial charge in [0.15, 0.2) is 0 Å². The summed E-state index contributed by atoms with van der Waals surface area (Å²) in [6.07, 6.45) is 5.12. The van der Waals surface area contributed by atoms with E-state index in [0.29, 0.717) is 6.42 Å². The van der Waals surface area contributed by atoms with Crippen LogP contribution in [0.3, 0.4) is 0 Å². The molecule has 0 aliphatic rings. The molecule has 0 radical (unpaired) electrons. The molecule has 0 aromatic heterocycles. The summed E-state index contributed by atoms with van der Waals surface area (Å²) in [6, 6.07) is -0.538. The first-order valence-corrected chi connectivity index (χ1v) is 5.31. The van der Waals surface area contributed by atoms with Crippen molar-refractivity contribution in [1.29, 1.82) is 0 Å². The van der Waals surface area contributed by atoms with E-state index in [1.165, 1.54) is 7.11 Å². The second-order valence-corrected chi connectivity index (χ2v) is 4.48. The quantitative estimate of drug-likeness (QED) is 0.598. The minimum Gasteiger partial charge on any atom is -0.469 e. The van der Waals surface area contributed by atoms with Crippen LogP contribution in [0.15, 0.2) is 0 Å². The summed E-state index contributed by atoms with van der Waals surface area (Å²) < 4.78 is 9.52. The van der Waals surface area contributed by atoms with Gasteiger partial charge >= 0.3 is 12.1 Å². The van der Waals surface area contributed by atoms with Crippen molar-refractivity contribution in [3.63, 3.8) is 0 Å². The van der Waals surface area contributed by atoms with Crippen LogP contribution in [-0.4, -0.2) is 30.8 Å². The summed E-state index contributed by atoms with van der Waals surface area (Å²) in [7, 11) is 1.30. The zero-order chi connectivity index (χ0) is 13.5. The summed E-state index contributed by atoms with van der Waals surface area (Å²) in [5, 5.41) is 2.50. The fourth-order valence-electron chi connectivity index (χ4n) is 1.01. The average molecular weight is 241 g/mol. The van der Waals surface area contributed by atoms with Gasteiger partial charge in [0.25, 0.3) is 0 Å². The number of nitrogens with one attached hydrogen (secondary N) is 1. The maximum atomic E-state index is 11.4. The molecule has 0 bridgehead atoms. The van der Waals surface area contributed by atoms with Gasteiger partial charge in [0.1, 0.15) is 5.60 Å². The Balaban J connectivity index is 4.10. The molecule has 1 unspecified atom stereocenters. The molecule has 0 aromatic carbocycles. The molecular formula is C12H19NO4.